The van der Waals surface area contributed by atoms with Crippen molar-refractivity contribution in [3.8, 4) is 0 Å². The second kappa shape index (κ2) is 6.82. The van der Waals surface area contributed by atoms with Crippen LogP contribution in [-0.4, -0.2) is 60.9 Å². The Morgan fingerprint density at radius 1 is 1.04 bits per heavy atom. The maximum Gasteiger partial charge on any atom is 0.224 e. The van der Waals surface area contributed by atoms with E-state index in [4.69, 9.17) is 9.47 Å². The number of piperidine rings is 1. The summed E-state index contributed by atoms with van der Waals surface area (Å²) in [5.74, 6) is -0.0463. The highest BCUT2D eigenvalue weighted by Gasteiger charge is 2.39. The predicted octanol–water partition coefficient (Wildman–Crippen LogP) is 1.80. The number of likely N-dealkylation sites (tertiary alicyclic amines) is 1. The molecular weight excluding hydrogens is 304 g/mol. The van der Waals surface area contributed by atoms with Gasteiger partial charge in [-0.2, -0.15) is 0 Å². The summed E-state index contributed by atoms with van der Waals surface area (Å²) in [7, 11) is 0. The highest BCUT2D eigenvalue weighted by atomic mass is 16.7. The number of benzene rings is 1. The Morgan fingerprint density at radius 2 is 1.75 bits per heavy atom. The van der Waals surface area contributed by atoms with E-state index < -0.39 is 0 Å². The van der Waals surface area contributed by atoms with Crippen LogP contribution in [0.25, 0.3) is 0 Å². The molecule has 3 heterocycles. The molecule has 0 radical (unpaired) electrons. The van der Waals surface area contributed by atoms with E-state index in [0.717, 1.165) is 65.2 Å². The molecule has 1 amide bonds. The van der Waals surface area contributed by atoms with Crippen molar-refractivity contribution in [1.29, 1.82) is 0 Å². The summed E-state index contributed by atoms with van der Waals surface area (Å²) in [5, 5.41) is 0. The fraction of sp³-hybridized carbons (Fsp3) is 0.632. The Labute approximate surface area is 143 Å². The summed E-state index contributed by atoms with van der Waals surface area (Å²) in [6.45, 7) is 5.80. The predicted molar refractivity (Wildman–Crippen MR) is 90.5 cm³/mol. The van der Waals surface area contributed by atoms with Gasteiger partial charge >= 0.3 is 0 Å². The van der Waals surface area contributed by atoms with Gasteiger partial charge in [-0.1, -0.05) is 24.3 Å². The van der Waals surface area contributed by atoms with E-state index in [1.165, 1.54) is 11.1 Å². The van der Waals surface area contributed by atoms with Gasteiger partial charge in [0.05, 0.1) is 13.2 Å². The summed E-state index contributed by atoms with van der Waals surface area (Å²) >= 11 is 0. The van der Waals surface area contributed by atoms with Crippen LogP contribution in [0.3, 0.4) is 0 Å². The van der Waals surface area contributed by atoms with Crippen molar-refractivity contribution in [3.05, 3.63) is 35.4 Å². The second-order valence-corrected chi connectivity index (χ2v) is 7.03. The summed E-state index contributed by atoms with van der Waals surface area (Å²) < 4.78 is 11.5. The van der Waals surface area contributed by atoms with Gasteiger partial charge in [-0.15, -0.1) is 0 Å². The minimum Gasteiger partial charge on any atom is -0.347 e. The van der Waals surface area contributed by atoms with Gasteiger partial charge in [-0.3, -0.25) is 4.79 Å². The number of ether oxygens (including phenoxy) is 2. The Kier molecular flexibility index (Phi) is 4.57. The van der Waals surface area contributed by atoms with Crippen molar-refractivity contribution in [3.63, 3.8) is 0 Å². The first-order valence-corrected chi connectivity index (χ1v) is 9.09. The fourth-order valence-corrected chi connectivity index (χ4v) is 4.02. The molecule has 1 aromatic carbocycles. The topological polar surface area (TPSA) is 42.0 Å². The summed E-state index contributed by atoms with van der Waals surface area (Å²) in [4.78, 5) is 16.9. The normalized spacial score (nSPS) is 23.4. The van der Waals surface area contributed by atoms with Crippen molar-refractivity contribution in [2.45, 2.75) is 38.0 Å². The lowest BCUT2D eigenvalue weighted by Crippen LogP contribution is -2.46. The van der Waals surface area contributed by atoms with Crippen LogP contribution in [0, 0.1) is 0 Å². The van der Waals surface area contributed by atoms with Crippen LogP contribution in [0.1, 0.15) is 30.4 Å². The molecule has 0 atom stereocenters. The zero-order valence-electron chi connectivity index (χ0n) is 14.2. The molecule has 2 fully saturated rings. The number of nitrogens with zero attached hydrogens (tertiary/aromatic N) is 2. The largest absolute Gasteiger partial charge is 0.347 e. The van der Waals surface area contributed by atoms with Crippen LogP contribution in [0.5, 0.6) is 0 Å². The van der Waals surface area contributed by atoms with Crippen LogP contribution in [-0.2, 0) is 27.2 Å². The van der Waals surface area contributed by atoms with Gasteiger partial charge in [0.25, 0.3) is 0 Å². The van der Waals surface area contributed by atoms with Gasteiger partial charge in [-0.05, 0) is 17.5 Å². The first kappa shape index (κ1) is 16.1. The molecule has 0 aliphatic carbocycles. The first-order chi connectivity index (χ1) is 11.7. The third-order valence-electron chi connectivity index (χ3n) is 5.56. The molecule has 24 heavy (non-hydrogen) atoms. The lowest BCUT2D eigenvalue weighted by Gasteiger charge is -2.37. The second-order valence-electron chi connectivity index (χ2n) is 7.03. The smallest absolute Gasteiger partial charge is 0.224 e. The van der Waals surface area contributed by atoms with Gasteiger partial charge < -0.3 is 19.3 Å². The molecule has 5 nitrogen and oxygen atoms in total. The van der Waals surface area contributed by atoms with E-state index in [0.29, 0.717) is 6.42 Å². The third-order valence-corrected chi connectivity index (χ3v) is 5.56. The number of fused-ring (bicyclic) bond motifs is 1. The van der Waals surface area contributed by atoms with E-state index in [9.17, 15) is 4.79 Å². The van der Waals surface area contributed by atoms with Crippen LogP contribution in [0.2, 0.25) is 0 Å². The number of carbonyl (C=O) groups excluding carboxylic acids is 1. The number of rotatable bonds is 3. The van der Waals surface area contributed by atoms with E-state index in [1.807, 2.05) is 4.90 Å². The molecule has 130 valence electrons. The Hall–Kier alpha value is -1.43. The first-order valence-electron chi connectivity index (χ1n) is 9.09. The van der Waals surface area contributed by atoms with Gasteiger partial charge in [0.1, 0.15) is 0 Å². The molecule has 1 aromatic rings. The quantitative estimate of drug-likeness (QED) is 0.847. The highest BCUT2D eigenvalue weighted by Crippen LogP contribution is 2.31. The maximum atomic E-state index is 12.6. The minimum atomic E-state index is -0.322. The average molecular weight is 330 g/mol. The molecule has 4 rings (SSSR count). The van der Waals surface area contributed by atoms with E-state index >= 15 is 0 Å². The van der Waals surface area contributed by atoms with Crippen molar-refractivity contribution < 1.29 is 14.3 Å². The summed E-state index contributed by atoms with van der Waals surface area (Å²) in [5.41, 5.74) is 2.69. The van der Waals surface area contributed by atoms with E-state index in [2.05, 4.69) is 29.2 Å². The van der Waals surface area contributed by atoms with Crippen molar-refractivity contribution in [2.24, 2.45) is 0 Å². The molecule has 5 heteroatoms. The monoisotopic (exact) mass is 330 g/mol. The molecule has 0 N–H and O–H groups in total. The van der Waals surface area contributed by atoms with Gasteiger partial charge in [0.15, 0.2) is 5.79 Å². The molecule has 0 unspecified atom stereocenters. The number of amides is 1. The molecule has 1 spiro atoms. The maximum absolute atomic E-state index is 12.6. The van der Waals surface area contributed by atoms with Gasteiger partial charge in [-0.25, -0.2) is 0 Å². The van der Waals surface area contributed by atoms with Crippen molar-refractivity contribution in [1.82, 2.24) is 9.80 Å². The van der Waals surface area contributed by atoms with E-state index in [-0.39, 0.29) is 11.7 Å². The highest BCUT2D eigenvalue weighted by molar-refractivity contribution is 5.76. The number of hydrogen-bond donors (Lipinski definition) is 0. The van der Waals surface area contributed by atoms with E-state index in [1.54, 1.807) is 0 Å². The molecular formula is C19H26N2O3. The molecule has 0 saturated carbocycles. The van der Waals surface area contributed by atoms with Crippen LogP contribution in [0.15, 0.2) is 24.3 Å². The summed E-state index contributed by atoms with van der Waals surface area (Å²) in [6, 6.07) is 8.45. The SMILES string of the molecule is O=C(CCN1CCC2(CC1)OCCO2)N1CCc2ccccc2C1. The number of hydrogen-bond acceptors (Lipinski definition) is 4. The van der Waals surface area contributed by atoms with Gasteiger partial charge in [0.2, 0.25) is 5.91 Å². The minimum absolute atomic E-state index is 0.276. The average Bonchev–Trinajstić information content (AvgIpc) is 3.09. The zero-order chi connectivity index (χ0) is 16.4. The standard InChI is InChI=1S/C19H26N2O3/c22-18(21-10-5-16-3-1-2-4-17(16)15-21)6-9-20-11-7-19(8-12-20)23-13-14-24-19/h1-4H,5-15H2. The van der Waals surface area contributed by atoms with Crippen molar-refractivity contribution in [2.75, 3.05) is 39.4 Å². The molecule has 2 saturated heterocycles. The lowest BCUT2D eigenvalue weighted by atomic mass is 9.99. The lowest BCUT2D eigenvalue weighted by molar-refractivity contribution is -0.185. The van der Waals surface area contributed by atoms with Crippen LogP contribution < -0.4 is 0 Å². The van der Waals surface area contributed by atoms with Gasteiger partial charge in [0, 0.05) is 52.0 Å². The Morgan fingerprint density at radius 3 is 2.50 bits per heavy atom. The van der Waals surface area contributed by atoms with Crippen LogP contribution >= 0.6 is 0 Å². The third kappa shape index (κ3) is 3.34. The molecule has 3 aliphatic rings. The zero-order valence-corrected chi connectivity index (χ0v) is 14.2. The molecule has 3 aliphatic heterocycles. The molecule has 0 bridgehead atoms. The fourth-order valence-electron chi connectivity index (χ4n) is 4.02. The molecule has 0 aromatic heterocycles. The van der Waals surface area contributed by atoms with Crippen LogP contribution in [0.4, 0.5) is 0 Å². The van der Waals surface area contributed by atoms with Crippen molar-refractivity contribution >= 4 is 5.91 Å². The Bertz CT molecular complexity index is 588. The number of carbonyl (C=O) groups is 1. The summed E-state index contributed by atoms with van der Waals surface area (Å²) in [6.07, 6.45) is 3.41. The Balaban J connectivity index is 1.24.